The zero-order chi connectivity index (χ0) is 17.6. The van der Waals surface area contributed by atoms with Crippen LogP contribution in [0.3, 0.4) is 0 Å². The predicted molar refractivity (Wildman–Crippen MR) is 106 cm³/mol. The second kappa shape index (κ2) is 7.75. The van der Waals surface area contributed by atoms with Crippen LogP contribution in [-0.2, 0) is 12.8 Å². The Hall–Kier alpha value is -3.26. The molecule has 0 spiro atoms. The summed E-state index contributed by atoms with van der Waals surface area (Å²) < 4.78 is 0. The molecule has 0 atom stereocenters. The molecule has 0 aliphatic rings. The number of pyridine rings is 2. The number of benzene rings is 2. The lowest BCUT2D eigenvalue weighted by molar-refractivity contribution is 1.07. The molecule has 0 aliphatic heterocycles. The summed E-state index contributed by atoms with van der Waals surface area (Å²) >= 11 is 0. The second-order valence-electron chi connectivity index (χ2n) is 6.40. The largest absolute Gasteiger partial charge is 0.261 e. The number of nitrogens with zero attached hydrogens (tertiary/aromatic N) is 2. The van der Waals surface area contributed by atoms with E-state index in [4.69, 9.17) is 0 Å². The molecule has 2 aromatic heterocycles. The highest BCUT2D eigenvalue weighted by Gasteiger charge is 2.04. The SMILES string of the molecule is c1ccc(Cc2cccc(-c3cccc(Cc4ccccn4)c3)c2)nc1. The van der Waals surface area contributed by atoms with Crippen LogP contribution in [0, 0.1) is 0 Å². The van der Waals surface area contributed by atoms with Gasteiger partial charge in [-0.15, -0.1) is 0 Å². The molecular weight excluding hydrogens is 316 g/mol. The fraction of sp³-hybridized carbons (Fsp3) is 0.0833. The third kappa shape index (κ3) is 4.04. The Morgan fingerprint density at radius 3 is 1.42 bits per heavy atom. The molecule has 0 unspecified atom stereocenters. The fourth-order valence-corrected chi connectivity index (χ4v) is 3.15. The minimum Gasteiger partial charge on any atom is -0.261 e. The number of aromatic nitrogens is 2. The summed E-state index contributed by atoms with van der Waals surface area (Å²) in [6, 6.07) is 29.5. The molecule has 0 amide bonds. The maximum Gasteiger partial charge on any atom is 0.0447 e. The van der Waals surface area contributed by atoms with Crippen molar-refractivity contribution in [3.8, 4) is 11.1 Å². The van der Waals surface area contributed by atoms with Crippen LogP contribution in [0.15, 0.2) is 97.3 Å². The van der Waals surface area contributed by atoms with E-state index in [1.807, 2.05) is 36.7 Å². The lowest BCUT2D eigenvalue weighted by atomic mass is 9.98. The first-order chi connectivity index (χ1) is 12.9. The minimum absolute atomic E-state index is 0.850. The van der Waals surface area contributed by atoms with E-state index in [9.17, 15) is 0 Å². The molecule has 126 valence electrons. The van der Waals surface area contributed by atoms with Crippen molar-refractivity contribution in [3.63, 3.8) is 0 Å². The number of hydrogen-bond donors (Lipinski definition) is 0. The third-order valence-corrected chi connectivity index (χ3v) is 4.41. The standard InChI is InChI=1S/C24H20N2/c1-3-13-25-23(11-1)17-19-7-5-9-21(15-19)22-10-6-8-20(16-22)18-24-12-2-4-14-26-24/h1-16H,17-18H2. The van der Waals surface area contributed by atoms with Gasteiger partial charge in [0.25, 0.3) is 0 Å². The van der Waals surface area contributed by atoms with Gasteiger partial charge in [-0.05, 0) is 46.5 Å². The Kier molecular flexibility index (Phi) is 4.83. The summed E-state index contributed by atoms with van der Waals surface area (Å²) in [6.45, 7) is 0. The molecular formula is C24H20N2. The van der Waals surface area contributed by atoms with E-state index in [0.29, 0.717) is 0 Å². The topological polar surface area (TPSA) is 25.8 Å². The van der Waals surface area contributed by atoms with Gasteiger partial charge in [0.1, 0.15) is 0 Å². The van der Waals surface area contributed by atoms with Crippen molar-refractivity contribution >= 4 is 0 Å². The highest BCUT2D eigenvalue weighted by molar-refractivity contribution is 5.65. The highest BCUT2D eigenvalue weighted by atomic mass is 14.7. The Labute approximate surface area is 154 Å². The quantitative estimate of drug-likeness (QED) is 0.492. The maximum absolute atomic E-state index is 4.43. The monoisotopic (exact) mass is 336 g/mol. The summed E-state index contributed by atoms with van der Waals surface area (Å²) in [5, 5.41) is 0. The molecule has 0 saturated carbocycles. The molecule has 4 aromatic rings. The van der Waals surface area contributed by atoms with Gasteiger partial charge in [-0.25, -0.2) is 0 Å². The smallest absolute Gasteiger partial charge is 0.0447 e. The highest BCUT2D eigenvalue weighted by Crippen LogP contribution is 2.23. The van der Waals surface area contributed by atoms with E-state index in [1.54, 1.807) is 0 Å². The van der Waals surface area contributed by atoms with Crippen LogP contribution in [0.4, 0.5) is 0 Å². The van der Waals surface area contributed by atoms with E-state index in [2.05, 4.69) is 70.6 Å². The Morgan fingerprint density at radius 2 is 1.00 bits per heavy atom. The summed E-state index contributed by atoms with van der Waals surface area (Å²) in [6.07, 6.45) is 5.39. The third-order valence-electron chi connectivity index (χ3n) is 4.41. The molecule has 2 aromatic carbocycles. The first-order valence-corrected chi connectivity index (χ1v) is 8.85. The summed E-state index contributed by atoms with van der Waals surface area (Å²) in [5.41, 5.74) is 7.21. The van der Waals surface area contributed by atoms with Crippen LogP contribution >= 0.6 is 0 Å². The van der Waals surface area contributed by atoms with E-state index >= 15 is 0 Å². The zero-order valence-corrected chi connectivity index (χ0v) is 14.5. The first-order valence-electron chi connectivity index (χ1n) is 8.85. The van der Waals surface area contributed by atoms with Crippen molar-refractivity contribution in [2.45, 2.75) is 12.8 Å². The van der Waals surface area contributed by atoms with Gasteiger partial charge < -0.3 is 0 Å². The van der Waals surface area contributed by atoms with Gasteiger partial charge in [-0.1, -0.05) is 60.7 Å². The first kappa shape index (κ1) is 16.2. The lowest BCUT2D eigenvalue weighted by Crippen LogP contribution is -1.93. The van der Waals surface area contributed by atoms with E-state index < -0.39 is 0 Å². The van der Waals surface area contributed by atoms with Crippen LogP contribution < -0.4 is 0 Å². The number of rotatable bonds is 5. The summed E-state index contributed by atoms with van der Waals surface area (Å²) in [7, 11) is 0. The molecule has 4 rings (SSSR count). The zero-order valence-electron chi connectivity index (χ0n) is 14.5. The fourth-order valence-electron chi connectivity index (χ4n) is 3.15. The molecule has 26 heavy (non-hydrogen) atoms. The van der Waals surface area contributed by atoms with Gasteiger partial charge in [0.15, 0.2) is 0 Å². The van der Waals surface area contributed by atoms with Crippen molar-refractivity contribution in [2.75, 3.05) is 0 Å². The average Bonchev–Trinajstić information content (AvgIpc) is 2.70. The van der Waals surface area contributed by atoms with Crippen LogP contribution in [-0.4, -0.2) is 9.97 Å². The van der Waals surface area contributed by atoms with E-state index in [-0.39, 0.29) is 0 Å². The molecule has 2 heteroatoms. The van der Waals surface area contributed by atoms with Crippen molar-refractivity contribution in [3.05, 3.63) is 120 Å². The van der Waals surface area contributed by atoms with Crippen LogP contribution in [0.1, 0.15) is 22.5 Å². The Morgan fingerprint density at radius 1 is 0.500 bits per heavy atom. The molecule has 0 radical (unpaired) electrons. The van der Waals surface area contributed by atoms with Gasteiger partial charge >= 0.3 is 0 Å². The van der Waals surface area contributed by atoms with Crippen molar-refractivity contribution in [1.29, 1.82) is 0 Å². The average molecular weight is 336 g/mol. The van der Waals surface area contributed by atoms with Crippen LogP contribution in [0.25, 0.3) is 11.1 Å². The molecule has 0 saturated heterocycles. The van der Waals surface area contributed by atoms with Gasteiger partial charge in [0.05, 0.1) is 0 Å². The molecule has 2 nitrogen and oxygen atoms in total. The normalized spacial score (nSPS) is 10.6. The van der Waals surface area contributed by atoms with Crippen LogP contribution in [0.2, 0.25) is 0 Å². The van der Waals surface area contributed by atoms with Crippen molar-refractivity contribution < 1.29 is 0 Å². The summed E-state index contributed by atoms with van der Waals surface area (Å²) in [4.78, 5) is 8.86. The Bertz CT molecular complexity index is 896. The molecule has 0 bridgehead atoms. The van der Waals surface area contributed by atoms with Gasteiger partial charge in [-0.2, -0.15) is 0 Å². The maximum atomic E-state index is 4.43. The number of hydrogen-bond acceptors (Lipinski definition) is 2. The summed E-state index contributed by atoms with van der Waals surface area (Å²) in [5.74, 6) is 0. The molecule has 0 aliphatic carbocycles. The van der Waals surface area contributed by atoms with Crippen molar-refractivity contribution in [1.82, 2.24) is 9.97 Å². The van der Waals surface area contributed by atoms with Crippen LogP contribution in [0.5, 0.6) is 0 Å². The Balaban J connectivity index is 1.57. The molecule has 2 heterocycles. The van der Waals surface area contributed by atoms with Crippen molar-refractivity contribution in [2.24, 2.45) is 0 Å². The predicted octanol–water partition coefficient (Wildman–Crippen LogP) is 5.33. The second-order valence-corrected chi connectivity index (χ2v) is 6.40. The molecule has 0 N–H and O–H groups in total. The molecule has 0 fully saturated rings. The van der Waals surface area contributed by atoms with Gasteiger partial charge in [0, 0.05) is 36.6 Å². The van der Waals surface area contributed by atoms with E-state index in [1.165, 1.54) is 22.3 Å². The van der Waals surface area contributed by atoms with E-state index in [0.717, 1.165) is 24.2 Å². The minimum atomic E-state index is 0.850. The van der Waals surface area contributed by atoms with Gasteiger partial charge in [0.2, 0.25) is 0 Å². The lowest BCUT2D eigenvalue weighted by Gasteiger charge is -2.08. The van der Waals surface area contributed by atoms with Gasteiger partial charge in [-0.3, -0.25) is 9.97 Å².